The maximum atomic E-state index is 12.3. The minimum atomic E-state index is -3.50. The fourth-order valence-corrected chi connectivity index (χ4v) is 2.79. The number of carbonyl (C=O) groups excluding carboxylic acids is 1. The van der Waals surface area contributed by atoms with E-state index in [4.69, 9.17) is 23.2 Å². The molecule has 0 fully saturated rings. The predicted octanol–water partition coefficient (Wildman–Crippen LogP) is 3.93. The second-order valence-corrected chi connectivity index (χ2v) is 7.55. The second-order valence-electron chi connectivity index (χ2n) is 4.99. The van der Waals surface area contributed by atoms with Crippen molar-refractivity contribution >= 4 is 50.5 Å². The van der Waals surface area contributed by atoms with E-state index in [9.17, 15) is 13.2 Å². The number of hydrogen-bond acceptors (Lipinski definition) is 3. The van der Waals surface area contributed by atoms with Crippen LogP contribution in [-0.4, -0.2) is 20.6 Å². The summed E-state index contributed by atoms with van der Waals surface area (Å²) >= 11 is 11.9. The van der Waals surface area contributed by atoms with Gasteiger partial charge in [-0.15, -0.1) is 0 Å². The Morgan fingerprint density at radius 1 is 1.04 bits per heavy atom. The van der Waals surface area contributed by atoms with Gasteiger partial charge in [-0.1, -0.05) is 29.3 Å². The highest BCUT2D eigenvalue weighted by Crippen LogP contribution is 2.25. The van der Waals surface area contributed by atoms with Gasteiger partial charge in [0.15, 0.2) is 0 Å². The van der Waals surface area contributed by atoms with E-state index < -0.39 is 15.9 Å². The molecular weight excluding hydrogens is 359 g/mol. The summed E-state index contributed by atoms with van der Waals surface area (Å²) in [5.41, 5.74) is 1.84. The highest BCUT2D eigenvalue weighted by atomic mass is 35.5. The number of anilines is 2. The van der Waals surface area contributed by atoms with E-state index in [1.807, 2.05) is 6.92 Å². The number of carbonyl (C=O) groups is 1. The summed E-state index contributed by atoms with van der Waals surface area (Å²) in [5.74, 6) is -0.405. The van der Waals surface area contributed by atoms with Gasteiger partial charge in [-0.3, -0.25) is 9.52 Å². The van der Waals surface area contributed by atoms with E-state index in [0.717, 1.165) is 11.8 Å². The van der Waals surface area contributed by atoms with Crippen molar-refractivity contribution in [1.29, 1.82) is 0 Å². The smallest absolute Gasteiger partial charge is 0.255 e. The third-order valence-corrected chi connectivity index (χ3v) is 4.28. The van der Waals surface area contributed by atoms with Crippen molar-refractivity contribution in [2.24, 2.45) is 0 Å². The number of rotatable bonds is 4. The van der Waals surface area contributed by atoms with Crippen LogP contribution in [0.2, 0.25) is 10.0 Å². The minimum absolute atomic E-state index is 0.142. The van der Waals surface area contributed by atoms with E-state index in [1.54, 1.807) is 18.2 Å². The molecule has 1 amide bonds. The SMILES string of the molecule is Cc1ccc(NC(=O)c2ccc(Cl)c(NS(C)(=O)=O)c2)cc1Cl. The number of nitrogens with one attached hydrogen (secondary N) is 2. The molecule has 2 rings (SSSR count). The van der Waals surface area contributed by atoms with Crippen LogP contribution < -0.4 is 10.0 Å². The molecule has 0 saturated carbocycles. The molecule has 0 aliphatic heterocycles. The first-order valence-corrected chi connectivity index (χ1v) is 9.15. The first-order valence-electron chi connectivity index (χ1n) is 6.50. The van der Waals surface area contributed by atoms with Gasteiger partial charge in [0, 0.05) is 16.3 Å². The van der Waals surface area contributed by atoms with Crippen molar-refractivity contribution < 1.29 is 13.2 Å². The van der Waals surface area contributed by atoms with Crippen molar-refractivity contribution in [3.05, 3.63) is 57.6 Å². The third kappa shape index (κ3) is 4.86. The Balaban J connectivity index is 2.25. The maximum Gasteiger partial charge on any atom is 0.255 e. The lowest BCUT2D eigenvalue weighted by molar-refractivity contribution is 0.102. The zero-order chi connectivity index (χ0) is 17.2. The van der Waals surface area contributed by atoms with E-state index in [-0.39, 0.29) is 16.3 Å². The summed E-state index contributed by atoms with van der Waals surface area (Å²) in [6, 6.07) is 9.48. The number of aryl methyl sites for hydroxylation is 1. The average Bonchev–Trinajstić information content (AvgIpc) is 2.44. The fourth-order valence-electron chi connectivity index (χ4n) is 1.82. The largest absolute Gasteiger partial charge is 0.322 e. The number of hydrogen-bond donors (Lipinski definition) is 2. The predicted molar refractivity (Wildman–Crippen MR) is 94.1 cm³/mol. The van der Waals surface area contributed by atoms with Gasteiger partial charge in [0.1, 0.15) is 0 Å². The van der Waals surface area contributed by atoms with Gasteiger partial charge < -0.3 is 5.32 Å². The standard InChI is InChI=1S/C15H14Cl2N2O3S/c1-9-3-5-11(8-13(9)17)18-15(20)10-4-6-12(16)14(7-10)19-23(2,21)22/h3-8,19H,1-2H3,(H,18,20). The van der Waals surface area contributed by atoms with Gasteiger partial charge in [0.05, 0.1) is 17.0 Å². The monoisotopic (exact) mass is 372 g/mol. The highest BCUT2D eigenvalue weighted by molar-refractivity contribution is 7.92. The Kier molecular flexibility index (Phi) is 5.19. The quantitative estimate of drug-likeness (QED) is 0.853. The van der Waals surface area contributed by atoms with Gasteiger partial charge in [0.2, 0.25) is 10.0 Å². The Morgan fingerprint density at radius 2 is 1.74 bits per heavy atom. The van der Waals surface area contributed by atoms with E-state index in [1.165, 1.54) is 18.2 Å². The molecular formula is C15H14Cl2N2O3S. The number of amides is 1. The van der Waals surface area contributed by atoms with Crippen molar-refractivity contribution in [2.45, 2.75) is 6.92 Å². The van der Waals surface area contributed by atoms with Gasteiger partial charge in [-0.2, -0.15) is 0 Å². The molecule has 0 heterocycles. The molecule has 0 aliphatic rings. The van der Waals surface area contributed by atoms with Crippen LogP contribution in [-0.2, 0) is 10.0 Å². The fraction of sp³-hybridized carbons (Fsp3) is 0.133. The molecule has 23 heavy (non-hydrogen) atoms. The minimum Gasteiger partial charge on any atom is -0.322 e. The molecule has 8 heteroatoms. The van der Waals surface area contributed by atoms with Crippen LogP contribution >= 0.6 is 23.2 Å². The number of halogens is 2. The Hall–Kier alpha value is -1.76. The zero-order valence-corrected chi connectivity index (χ0v) is 14.7. The topological polar surface area (TPSA) is 75.3 Å². The summed E-state index contributed by atoms with van der Waals surface area (Å²) in [4.78, 5) is 12.3. The normalized spacial score (nSPS) is 11.1. The highest BCUT2D eigenvalue weighted by Gasteiger charge is 2.12. The molecule has 122 valence electrons. The van der Waals surface area contributed by atoms with E-state index in [2.05, 4.69) is 10.0 Å². The second kappa shape index (κ2) is 6.78. The molecule has 0 aliphatic carbocycles. The number of sulfonamides is 1. The summed E-state index contributed by atoms with van der Waals surface area (Å²) < 4.78 is 24.9. The van der Waals surface area contributed by atoms with Crippen LogP contribution in [0, 0.1) is 6.92 Å². The van der Waals surface area contributed by atoms with Gasteiger partial charge >= 0.3 is 0 Å². The summed E-state index contributed by atoms with van der Waals surface area (Å²) in [7, 11) is -3.50. The van der Waals surface area contributed by atoms with Gasteiger partial charge in [0.25, 0.3) is 5.91 Å². The maximum absolute atomic E-state index is 12.3. The van der Waals surface area contributed by atoms with Crippen LogP contribution in [0.1, 0.15) is 15.9 Å². The van der Waals surface area contributed by atoms with Crippen molar-refractivity contribution in [3.8, 4) is 0 Å². The summed E-state index contributed by atoms with van der Waals surface area (Å²) in [5, 5.41) is 3.43. The van der Waals surface area contributed by atoms with Crippen LogP contribution in [0.4, 0.5) is 11.4 Å². The molecule has 5 nitrogen and oxygen atoms in total. The average molecular weight is 373 g/mol. The molecule has 0 unspecified atom stereocenters. The van der Waals surface area contributed by atoms with Gasteiger partial charge in [-0.25, -0.2) is 8.42 Å². The molecule has 0 spiro atoms. The number of benzene rings is 2. The first kappa shape index (κ1) is 17.6. The molecule has 2 aromatic carbocycles. The van der Waals surface area contributed by atoms with Crippen LogP contribution in [0.5, 0.6) is 0 Å². The summed E-state index contributed by atoms with van der Waals surface area (Å²) in [6.45, 7) is 1.86. The van der Waals surface area contributed by atoms with E-state index in [0.29, 0.717) is 10.7 Å². The van der Waals surface area contributed by atoms with Crippen molar-refractivity contribution in [2.75, 3.05) is 16.3 Å². The van der Waals surface area contributed by atoms with Crippen LogP contribution in [0.3, 0.4) is 0 Å². The first-order chi connectivity index (χ1) is 10.7. The lowest BCUT2D eigenvalue weighted by Crippen LogP contribution is -2.14. The zero-order valence-electron chi connectivity index (χ0n) is 12.4. The van der Waals surface area contributed by atoms with Crippen molar-refractivity contribution in [1.82, 2.24) is 0 Å². The molecule has 2 aromatic rings. The molecule has 0 saturated heterocycles. The molecule has 0 aromatic heterocycles. The molecule has 2 N–H and O–H groups in total. The van der Waals surface area contributed by atoms with Crippen LogP contribution in [0.25, 0.3) is 0 Å². The lowest BCUT2D eigenvalue weighted by Gasteiger charge is -2.10. The van der Waals surface area contributed by atoms with E-state index >= 15 is 0 Å². The van der Waals surface area contributed by atoms with Gasteiger partial charge in [-0.05, 0) is 42.8 Å². The van der Waals surface area contributed by atoms with Crippen LogP contribution in [0.15, 0.2) is 36.4 Å². The van der Waals surface area contributed by atoms with Crippen molar-refractivity contribution in [3.63, 3.8) is 0 Å². The Labute approximate surface area is 144 Å². The summed E-state index contributed by atoms with van der Waals surface area (Å²) in [6.07, 6.45) is 1.00. The molecule has 0 atom stereocenters. The third-order valence-electron chi connectivity index (χ3n) is 2.95. The molecule has 0 bridgehead atoms. The lowest BCUT2D eigenvalue weighted by atomic mass is 10.1. The molecule has 0 radical (unpaired) electrons. The Morgan fingerprint density at radius 3 is 2.35 bits per heavy atom. The Bertz CT molecular complexity index is 867.